The average Bonchev–Trinajstić information content (AvgIpc) is 2.52. The van der Waals surface area contributed by atoms with E-state index in [0.29, 0.717) is 25.7 Å². The van der Waals surface area contributed by atoms with Crippen molar-refractivity contribution in [1.82, 2.24) is 0 Å². The zero-order chi connectivity index (χ0) is 8.10. The molecule has 0 spiro atoms. The molecule has 1 aliphatic rings. The molecule has 0 aromatic rings. The molecule has 66 valence electrons. The highest BCUT2D eigenvalue weighted by Crippen LogP contribution is 2.16. The van der Waals surface area contributed by atoms with Gasteiger partial charge in [0.05, 0.1) is 19.3 Å². The Labute approximate surface area is 67.3 Å². The molecule has 0 amide bonds. The normalized spacial score (nSPS) is 27.3. The van der Waals surface area contributed by atoms with Gasteiger partial charge in [-0.3, -0.25) is 0 Å². The Hall–Kier alpha value is -0.120. The second-order valence-electron chi connectivity index (χ2n) is 2.85. The van der Waals surface area contributed by atoms with Gasteiger partial charge >= 0.3 is 0 Å². The van der Waals surface area contributed by atoms with Crippen molar-refractivity contribution in [3.63, 3.8) is 0 Å². The lowest BCUT2D eigenvalue weighted by atomic mass is 10.0. The van der Waals surface area contributed by atoms with Crippen LogP contribution in [0.15, 0.2) is 0 Å². The largest absolute Gasteiger partial charge is 0.390 e. The van der Waals surface area contributed by atoms with E-state index in [9.17, 15) is 5.11 Å². The summed E-state index contributed by atoms with van der Waals surface area (Å²) in [4.78, 5) is 0. The second kappa shape index (κ2) is 4.70. The smallest absolute Gasteiger partial charge is 0.0824 e. The zero-order valence-electron chi connectivity index (χ0n) is 6.95. The summed E-state index contributed by atoms with van der Waals surface area (Å²) in [5.74, 6) is 0.293. The summed E-state index contributed by atoms with van der Waals surface area (Å²) < 4.78 is 10.2. The van der Waals surface area contributed by atoms with Gasteiger partial charge in [-0.1, -0.05) is 0 Å². The summed E-state index contributed by atoms with van der Waals surface area (Å²) in [6.07, 6.45) is 0.631. The van der Waals surface area contributed by atoms with Crippen molar-refractivity contribution in [3.05, 3.63) is 0 Å². The molecule has 2 unspecified atom stereocenters. The standard InChI is InChI=1S/C8H16O3/c1-2-10-6-8(9)7-3-4-11-5-7/h7-9H,2-6H2,1H3. The van der Waals surface area contributed by atoms with Gasteiger partial charge in [-0.15, -0.1) is 0 Å². The fraction of sp³-hybridized carbons (Fsp3) is 1.00. The van der Waals surface area contributed by atoms with Crippen LogP contribution in [0.25, 0.3) is 0 Å². The molecular formula is C8H16O3. The highest BCUT2D eigenvalue weighted by Gasteiger charge is 2.23. The lowest BCUT2D eigenvalue weighted by Crippen LogP contribution is -2.25. The number of hydrogen-bond donors (Lipinski definition) is 1. The quantitative estimate of drug-likeness (QED) is 0.647. The van der Waals surface area contributed by atoms with Gasteiger partial charge in [0.15, 0.2) is 0 Å². The van der Waals surface area contributed by atoms with Crippen molar-refractivity contribution < 1.29 is 14.6 Å². The summed E-state index contributed by atoms with van der Waals surface area (Å²) in [6.45, 7) is 4.52. The van der Waals surface area contributed by atoms with Crippen LogP contribution in [0.3, 0.4) is 0 Å². The number of aliphatic hydroxyl groups is 1. The van der Waals surface area contributed by atoms with Gasteiger partial charge in [-0.25, -0.2) is 0 Å². The van der Waals surface area contributed by atoms with Crippen LogP contribution in [0.2, 0.25) is 0 Å². The second-order valence-corrected chi connectivity index (χ2v) is 2.85. The fourth-order valence-corrected chi connectivity index (χ4v) is 1.23. The van der Waals surface area contributed by atoms with Gasteiger partial charge in [-0.2, -0.15) is 0 Å². The maximum absolute atomic E-state index is 9.48. The number of rotatable bonds is 4. The lowest BCUT2D eigenvalue weighted by Gasteiger charge is -2.15. The first-order valence-corrected chi connectivity index (χ1v) is 4.18. The van der Waals surface area contributed by atoms with Crippen LogP contribution in [0, 0.1) is 5.92 Å². The molecule has 1 rings (SSSR count). The maximum Gasteiger partial charge on any atom is 0.0824 e. The van der Waals surface area contributed by atoms with E-state index in [1.165, 1.54) is 0 Å². The Bertz CT molecular complexity index is 99.5. The molecule has 1 N–H and O–H groups in total. The Morgan fingerprint density at radius 3 is 3.09 bits per heavy atom. The van der Waals surface area contributed by atoms with E-state index in [1.807, 2.05) is 6.92 Å². The maximum atomic E-state index is 9.48. The summed E-state index contributed by atoms with van der Waals surface area (Å²) in [5.41, 5.74) is 0. The molecule has 11 heavy (non-hydrogen) atoms. The van der Waals surface area contributed by atoms with E-state index in [-0.39, 0.29) is 6.10 Å². The van der Waals surface area contributed by atoms with Crippen molar-refractivity contribution in [1.29, 1.82) is 0 Å². The lowest BCUT2D eigenvalue weighted by molar-refractivity contribution is 0.00621. The SMILES string of the molecule is CCOCC(O)C1CCOC1. The third-order valence-electron chi connectivity index (χ3n) is 2.00. The van der Waals surface area contributed by atoms with Crippen LogP contribution >= 0.6 is 0 Å². The van der Waals surface area contributed by atoms with Crippen LogP contribution in [0.4, 0.5) is 0 Å². The molecule has 1 heterocycles. The number of ether oxygens (including phenoxy) is 2. The fourth-order valence-electron chi connectivity index (χ4n) is 1.23. The van der Waals surface area contributed by atoms with Crippen molar-refractivity contribution in [2.24, 2.45) is 5.92 Å². The molecule has 1 fully saturated rings. The van der Waals surface area contributed by atoms with Crippen molar-refractivity contribution in [2.45, 2.75) is 19.4 Å². The molecule has 1 saturated heterocycles. The molecule has 2 atom stereocenters. The molecule has 3 heteroatoms. The van der Waals surface area contributed by atoms with Crippen LogP contribution in [0.1, 0.15) is 13.3 Å². The van der Waals surface area contributed by atoms with Gasteiger partial charge in [0, 0.05) is 19.1 Å². The Balaban J connectivity index is 2.12. The highest BCUT2D eigenvalue weighted by atomic mass is 16.5. The first-order chi connectivity index (χ1) is 5.34. The summed E-state index contributed by atoms with van der Waals surface area (Å²) in [5, 5.41) is 9.48. The number of aliphatic hydroxyl groups excluding tert-OH is 1. The molecule has 0 radical (unpaired) electrons. The van der Waals surface area contributed by atoms with Crippen LogP contribution in [0.5, 0.6) is 0 Å². The molecule has 0 aliphatic carbocycles. The third-order valence-corrected chi connectivity index (χ3v) is 2.00. The minimum absolute atomic E-state index is 0.293. The minimum atomic E-state index is -0.336. The van der Waals surface area contributed by atoms with Gasteiger partial charge in [0.1, 0.15) is 0 Å². The first kappa shape index (κ1) is 8.97. The predicted molar refractivity (Wildman–Crippen MR) is 41.4 cm³/mol. The Morgan fingerprint density at radius 2 is 2.55 bits per heavy atom. The third kappa shape index (κ3) is 2.77. The van der Waals surface area contributed by atoms with Crippen molar-refractivity contribution in [2.75, 3.05) is 26.4 Å². The van der Waals surface area contributed by atoms with Crippen LogP contribution in [-0.4, -0.2) is 37.6 Å². The molecule has 1 aliphatic heterocycles. The summed E-state index contributed by atoms with van der Waals surface area (Å²) in [6, 6.07) is 0. The average molecular weight is 160 g/mol. The van der Waals surface area contributed by atoms with Gasteiger partial charge < -0.3 is 14.6 Å². The van der Waals surface area contributed by atoms with Gasteiger partial charge in [0.2, 0.25) is 0 Å². The van der Waals surface area contributed by atoms with Crippen LogP contribution < -0.4 is 0 Å². The minimum Gasteiger partial charge on any atom is -0.390 e. The highest BCUT2D eigenvalue weighted by molar-refractivity contribution is 4.71. The molecule has 0 saturated carbocycles. The first-order valence-electron chi connectivity index (χ1n) is 4.18. The molecule has 3 nitrogen and oxygen atoms in total. The van der Waals surface area contributed by atoms with Crippen molar-refractivity contribution >= 4 is 0 Å². The van der Waals surface area contributed by atoms with Crippen LogP contribution in [-0.2, 0) is 9.47 Å². The van der Waals surface area contributed by atoms with E-state index in [2.05, 4.69) is 0 Å². The van der Waals surface area contributed by atoms with Gasteiger partial charge in [-0.05, 0) is 13.3 Å². The molecular weight excluding hydrogens is 144 g/mol. The van der Waals surface area contributed by atoms with E-state index >= 15 is 0 Å². The monoisotopic (exact) mass is 160 g/mol. The van der Waals surface area contributed by atoms with E-state index in [0.717, 1.165) is 13.0 Å². The molecule has 0 aromatic heterocycles. The molecule has 0 bridgehead atoms. The van der Waals surface area contributed by atoms with Gasteiger partial charge in [0.25, 0.3) is 0 Å². The summed E-state index contributed by atoms with van der Waals surface area (Å²) in [7, 11) is 0. The Morgan fingerprint density at radius 1 is 1.73 bits per heavy atom. The zero-order valence-corrected chi connectivity index (χ0v) is 6.95. The summed E-state index contributed by atoms with van der Waals surface area (Å²) >= 11 is 0. The topological polar surface area (TPSA) is 38.7 Å². The molecule has 0 aromatic carbocycles. The van der Waals surface area contributed by atoms with E-state index in [1.54, 1.807) is 0 Å². The number of hydrogen-bond acceptors (Lipinski definition) is 3. The Kier molecular flexibility index (Phi) is 3.83. The predicted octanol–water partition coefficient (Wildman–Crippen LogP) is 0.420. The van der Waals surface area contributed by atoms with E-state index < -0.39 is 0 Å². The van der Waals surface area contributed by atoms with Crippen molar-refractivity contribution in [3.8, 4) is 0 Å². The van der Waals surface area contributed by atoms with E-state index in [4.69, 9.17) is 9.47 Å².